The largest absolute Gasteiger partial charge is 0.486 e. The van der Waals surface area contributed by atoms with Gasteiger partial charge in [0.25, 0.3) is 0 Å². The maximum atomic E-state index is 12.0. The third-order valence-electron chi connectivity index (χ3n) is 3.47. The van der Waals surface area contributed by atoms with Crippen LogP contribution in [0.2, 0.25) is 0 Å². The van der Waals surface area contributed by atoms with Gasteiger partial charge in [-0.1, -0.05) is 12.1 Å². The topological polar surface area (TPSA) is 76.7 Å². The zero-order valence-corrected chi connectivity index (χ0v) is 13.7. The van der Waals surface area contributed by atoms with Crippen molar-refractivity contribution in [3.63, 3.8) is 0 Å². The summed E-state index contributed by atoms with van der Waals surface area (Å²) in [5, 5.41) is 5.47. The smallest absolute Gasteiger partial charge is 0.248 e. The minimum atomic E-state index is -0.248. The number of carbonyl (C=O) groups is 2. The lowest BCUT2D eigenvalue weighted by atomic mass is 10.2. The average molecular weight is 338 g/mol. The van der Waals surface area contributed by atoms with Gasteiger partial charge in [-0.3, -0.25) is 9.59 Å². The standard InChI is InChI=1S/C19H18N2O4/c1-13(22)20-15-5-2-14(3-6-15)4-9-19(23)21-16-7-8-17-18(12-16)25-11-10-24-17/h2-9,12H,10-11H2,1H3,(H,20,22)(H,21,23)/b9-4+. The fourth-order valence-electron chi connectivity index (χ4n) is 2.36. The summed E-state index contributed by atoms with van der Waals surface area (Å²) in [6.07, 6.45) is 3.15. The maximum Gasteiger partial charge on any atom is 0.248 e. The van der Waals surface area contributed by atoms with Crippen molar-refractivity contribution < 1.29 is 19.1 Å². The number of hydrogen-bond acceptors (Lipinski definition) is 4. The molecule has 2 amide bonds. The van der Waals surface area contributed by atoms with E-state index in [1.54, 1.807) is 36.4 Å². The normalized spacial score (nSPS) is 12.7. The molecule has 0 fully saturated rings. The SMILES string of the molecule is CC(=O)Nc1ccc(/C=C/C(=O)Nc2ccc3c(c2)OCCO3)cc1. The number of ether oxygens (including phenoxy) is 2. The summed E-state index contributed by atoms with van der Waals surface area (Å²) in [4.78, 5) is 23.0. The summed E-state index contributed by atoms with van der Waals surface area (Å²) in [5.41, 5.74) is 2.21. The van der Waals surface area contributed by atoms with E-state index in [1.165, 1.54) is 13.0 Å². The molecule has 3 rings (SSSR count). The van der Waals surface area contributed by atoms with Crippen molar-refractivity contribution in [3.8, 4) is 11.5 Å². The first-order valence-corrected chi connectivity index (χ1v) is 7.86. The first-order chi connectivity index (χ1) is 12.1. The third kappa shape index (κ3) is 4.60. The van der Waals surface area contributed by atoms with Gasteiger partial charge in [0.2, 0.25) is 11.8 Å². The number of fused-ring (bicyclic) bond motifs is 1. The molecule has 0 unspecified atom stereocenters. The highest BCUT2D eigenvalue weighted by atomic mass is 16.6. The van der Waals surface area contributed by atoms with E-state index in [0.29, 0.717) is 36.1 Å². The molecule has 0 saturated carbocycles. The van der Waals surface area contributed by atoms with Gasteiger partial charge < -0.3 is 20.1 Å². The maximum absolute atomic E-state index is 12.0. The van der Waals surface area contributed by atoms with Gasteiger partial charge in [0.1, 0.15) is 13.2 Å². The van der Waals surface area contributed by atoms with Crippen LogP contribution >= 0.6 is 0 Å². The van der Waals surface area contributed by atoms with Crippen molar-refractivity contribution in [3.05, 3.63) is 54.1 Å². The Balaban J connectivity index is 1.60. The van der Waals surface area contributed by atoms with Crippen molar-refractivity contribution in [1.29, 1.82) is 0 Å². The molecule has 1 heterocycles. The minimum Gasteiger partial charge on any atom is -0.486 e. The van der Waals surface area contributed by atoms with Crippen LogP contribution in [0, 0.1) is 0 Å². The Bertz CT molecular complexity index is 813. The molecule has 0 aliphatic carbocycles. The molecule has 0 bridgehead atoms. The van der Waals surface area contributed by atoms with Crippen LogP contribution in [-0.2, 0) is 9.59 Å². The van der Waals surface area contributed by atoms with Gasteiger partial charge in [-0.25, -0.2) is 0 Å². The van der Waals surface area contributed by atoms with Crippen molar-refractivity contribution in [2.75, 3.05) is 23.8 Å². The van der Waals surface area contributed by atoms with Crippen LogP contribution in [-0.4, -0.2) is 25.0 Å². The third-order valence-corrected chi connectivity index (χ3v) is 3.47. The lowest BCUT2D eigenvalue weighted by molar-refractivity contribution is -0.114. The zero-order valence-electron chi connectivity index (χ0n) is 13.7. The molecule has 128 valence electrons. The predicted octanol–water partition coefficient (Wildman–Crippen LogP) is 3.07. The first-order valence-electron chi connectivity index (χ1n) is 7.86. The second-order valence-corrected chi connectivity index (χ2v) is 5.48. The Hall–Kier alpha value is -3.28. The van der Waals surface area contributed by atoms with E-state index < -0.39 is 0 Å². The molecule has 1 aliphatic heterocycles. The van der Waals surface area contributed by atoms with E-state index in [-0.39, 0.29) is 11.8 Å². The summed E-state index contributed by atoms with van der Waals surface area (Å²) in [6.45, 7) is 2.48. The number of carbonyl (C=O) groups excluding carboxylic acids is 2. The Labute approximate surface area is 145 Å². The molecule has 0 spiro atoms. The van der Waals surface area contributed by atoms with E-state index >= 15 is 0 Å². The highest BCUT2D eigenvalue weighted by Gasteiger charge is 2.12. The van der Waals surface area contributed by atoms with E-state index in [9.17, 15) is 9.59 Å². The number of amides is 2. The molecule has 2 N–H and O–H groups in total. The van der Waals surface area contributed by atoms with Gasteiger partial charge in [-0.05, 0) is 35.9 Å². The molecular formula is C19H18N2O4. The van der Waals surface area contributed by atoms with Gasteiger partial charge in [-0.15, -0.1) is 0 Å². The fraction of sp³-hybridized carbons (Fsp3) is 0.158. The molecule has 25 heavy (non-hydrogen) atoms. The second kappa shape index (κ2) is 7.53. The quantitative estimate of drug-likeness (QED) is 0.840. The van der Waals surface area contributed by atoms with Crippen LogP contribution in [0.3, 0.4) is 0 Å². The van der Waals surface area contributed by atoms with Crippen LogP contribution in [0.15, 0.2) is 48.5 Å². The number of anilines is 2. The summed E-state index contributed by atoms with van der Waals surface area (Å²) in [7, 11) is 0. The zero-order chi connectivity index (χ0) is 17.6. The first kappa shape index (κ1) is 16.6. The highest BCUT2D eigenvalue weighted by molar-refractivity contribution is 6.02. The van der Waals surface area contributed by atoms with Gasteiger partial charge in [0.05, 0.1) is 0 Å². The summed E-state index contributed by atoms with van der Waals surface area (Å²) in [6, 6.07) is 12.5. The number of benzene rings is 2. The molecule has 6 nitrogen and oxygen atoms in total. The van der Waals surface area contributed by atoms with Gasteiger partial charge in [0.15, 0.2) is 11.5 Å². The number of nitrogens with one attached hydrogen (secondary N) is 2. The molecule has 2 aromatic carbocycles. The van der Waals surface area contributed by atoms with E-state index in [2.05, 4.69) is 10.6 Å². The van der Waals surface area contributed by atoms with E-state index in [4.69, 9.17) is 9.47 Å². The predicted molar refractivity (Wildman–Crippen MR) is 95.8 cm³/mol. The lowest BCUT2D eigenvalue weighted by Crippen LogP contribution is -2.16. The van der Waals surface area contributed by atoms with Crippen molar-refractivity contribution >= 4 is 29.3 Å². The Morgan fingerprint density at radius 1 is 0.920 bits per heavy atom. The number of hydrogen-bond donors (Lipinski definition) is 2. The monoisotopic (exact) mass is 338 g/mol. The molecule has 1 aliphatic rings. The van der Waals surface area contributed by atoms with Crippen LogP contribution in [0.4, 0.5) is 11.4 Å². The molecule has 6 heteroatoms. The Morgan fingerprint density at radius 2 is 1.60 bits per heavy atom. The van der Waals surface area contributed by atoms with Gasteiger partial charge >= 0.3 is 0 Å². The van der Waals surface area contributed by atoms with Crippen molar-refractivity contribution in [2.45, 2.75) is 6.92 Å². The lowest BCUT2D eigenvalue weighted by Gasteiger charge is -2.18. The average Bonchev–Trinajstić information content (AvgIpc) is 2.60. The molecule has 0 aromatic heterocycles. The second-order valence-electron chi connectivity index (χ2n) is 5.48. The van der Waals surface area contributed by atoms with E-state index in [0.717, 1.165) is 5.56 Å². The van der Waals surface area contributed by atoms with Crippen LogP contribution < -0.4 is 20.1 Å². The summed E-state index contributed by atoms with van der Waals surface area (Å²) < 4.78 is 10.9. The van der Waals surface area contributed by atoms with Crippen LogP contribution in [0.1, 0.15) is 12.5 Å². The Morgan fingerprint density at radius 3 is 2.32 bits per heavy atom. The van der Waals surface area contributed by atoms with Crippen LogP contribution in [0.5, 0.6) is 11.5 Å². The van der Waals surface area contributed by atoms with Gasteiger partial charge in [0, 0.05) is 30.4 Å². The molecule has 2 aromatic rings. The van der Waals surface area contributed by atoms with E-state index in [1.807, 2.05) is 12.1 Å². The molecule has 0 saturated heterocycles. The molecular weight excluding hydrogens is 320 g/mol. The minimum absolute atomic E-state index is 0.123. The van der Waals surface area contributed by atoms with Gasteiger partial charge in [-0.2, -0.15) is 0 Å². The highest BCUT2D eigenvalue weighted by Crippen LogP contribution is 2.32. The summed E-state index contributed by atoms with van der Waals surface area (Å²) >= 11 is 0. The Kier molecular flexibility index (Phi) is 4.99. The number of rotatable bonds is 4. The van der Waals surface area contributed by atoms with Crippen molar-refractivity contribution in [1.82, 2.24) is 0 Å². The van der Waals surface area contributed by atoms with Crippen LogP contribution in [0.25, 0.3) is 6.08 Å². The molecule has 0 atom stereocenters. The summed E-state index contributed by atoms with van der Waals surface area (Å²) in [5.74, 6) is 0.936. The fourth-order valence-corrected chi connectivity index (χ4v) is 2.36. The molecule has 0 radical (unpaired) electrons. The van der Waals surface area contributed by atoms with Crippen molar-refractivity contribution in [2.24, 2.45) is 0 Å².